The van der Waals surface area contributed by atoms with Crippen LogP contribution in [0, 0.1) is 13.8 Å². The lowest BCUT2D eigenvalue weighted by molar-refractivity contribution is 0.0955. The molecule has 0 aliphatic carbocycles. The van der Waals surface area contributed by atoms with Crippen molar-refractivity contribution in [3.8, 4) is 11.3 Å². The summed E-state index contributed by atoms with van der Waals surface area (Å²) in [6, 6.07) is 23.9. The number of fused-ring (bicyclic) bond motifs is 1. The molecule has 5 heteroatoms. The van der Waals surface area contributed by atoms with Gasteiger partial charge in [-0.2, -0.15) is 0 Å². The van der Waals surface area contributed by atoms with Crippen molar-refractivity contribution in [3.05, 3.63) is 89.5 Å². The Labute approximate surface area is 176 Å². The molecule has 0 spiro atoms. The zero-order valence-electron chi connectivity index (χ0n) is 17.1. The maximum Gasteiger partial charge on any atom is 0.251 e. The first-order valence-corrected chi connectivity index (χ1v) is 10.0. The van der Waals surface area contributed by atoms with Gasteiger partial charge >= 0.3 is 0 Å². The van der Waals surface area contributed by atoms with E-state index >= 15 is 0 Å². The van der Waals surface area contributed by atoms with Crippen LogP contribution in [-0.2, 0) is 0 Å². The smallest absolute Gasteiger partial charge is 0.251 e. The topological polar surface area (TPSA) is 66.9 Å². The number of hydrogen-bond acceptors (Lipinski definition) is 4. The highest BCUT2D eigenvalue weighted by Gasteiger charge is 2.11. The summed E-state index contributed by atoms with van der Waals surface area (Å²) in [7, 11) is 0. The third-order valence-corrected chi connectivity index (χ3v) is 5.03. The van der Waals surface area contributed by atoms with Crippen LogP contribution in [-0.4, -0.2) is 29.2 Å². The number of amides is 1. The minimum absolute atomic E-state index is 0.0811. The van der Waals surface area contributed by atoms with Crippen molar-refractivity contribution in [1.82, 2.24) is 15.5 Å². The summed E-state index contributed by atoms with van der Waals surface area (Å²) in [6.45, 7) is 5.11. The zero-order chi connectivity index (χ0) is 20.9. The summed E-state index contributed by atoms with van der Waals surface area (Å²) >= 11 is 0. The van der Waals surface area contributed by atoms with Gasteiger partial charge in [0, 0.05) is 35.0 Å². The van der Waals surface area contributed by atoms with E-state index in [0.717, 1.165) is 27.6 Å². The Morgan fingerprint density at radius 2 is 1.40 bits per heavy atom. The van der Waals surface area contributed by atoms with Crippen molar-refractivity contribution in [1.29, 1.82) is 0 Å². The van der Waals surface area contributed by atoms with Crippen molar-refractivity contribution in [2.75, 3.05) is 18.4 Å². The second-order valence-electron chi connectivity index (χ2n) is 7.36. The Bertz CT molecular complexity index is 1170. The predicted molar refractivity (Wildman–Crippen MR) is 122 cm³/mol. The van der Waals surface area contributed by atoms with Gasteiger partial charge in [0.15, 0.2) is 5.82 Å². The number of carbonyl (C=O) groups excluding carboxylic acids is 1. The number of rotatable bonds is 6. The number of nitrogens with zero attached hydrogens (tertiary/aromatic N) is 2. The number of benzene rings is 3. The Balaban J connectivity index is 1.46. The molecule has 1 amide bonds. The fourth-order valence-corrected chi connectivity index (χ4v) is 3.32. The molecule has 2 N–H and O–H groups in total. The molecule has 0 aliphatic heterocycles. The van der Waals surface area contributed by atoms with Crippen LogP contribution >= 0.6 is 0 Å². The van der Waals surface area contributed by atoms with Gasteiger partial charge < -0.3 is 10.6 Å². The maximum absolute atomic E-state index is 12.2. The Morgan fingerprint density at radius 3 is 2.10 bits per heavy atom. The van der Waals surface area contributed by atoms with Gasteiger partial charge in [0.1, 0.15) is 5.69 Å². The zero-order valence-corrected chi connectivity index (χ0v) is 17.1. The SMILES string of the molecule is Cc1ccc(C(=O)NCCNc2nnc(-c3ccc(C)cc3)c3ccccc23)cc1. The average molecular weight is 396 g/mol. The standard InChI is InChI=1S/C25H24N4O/c1-17-7-11-19(12-8-17)23-21-5-3-4-6-22(21)24(29-28-23)26-15-16-27-25(30)20-13-9-18(2)10-14-20/h3-14H,15-16H2,1-2H3,(H,26,29)(H,27,30). The third-order valence-electron chi connectivity index (χ3n) is 5.03. The molecule has 1 aromatic heterocycles. The van der Waals surface area contributed by atoms with Crippen molar-refractivity contribution < 1.29 is 4.79 Å². The van der Waals surface area contributed by atoms with Crippen LogP contribution in [0.4, 0.5) is 5.82 Å². The van der Waals surface area contributed by atoms with Crippen LogP contribution in [0.25, 0.3) is 22.0 Å². The highest BCUT2D eigenvalue weighted by Crippen LogP contribution is 2.29. The maximum atomic E-state index is 12.2. The minimum Gasteiger partial charge on any atom is -0.366 e. The summed E-state index contributed by atoms with van der Waals surface area (Å²) in [6.07, 6.45) is 0. The predicted octanol–water partition coefficient (Wildman–Crippen LogP) is 4.76. The van der Waals surface area contributed by atoms with Crippen LogP contribution in [0.2, 0.25) is 0 Å². The molecular formula is C25H24N4O. The Morgan fingerprint density at radius 1 is 0.767 bits per heavy atom. The normalized spacial score (nSPS) is 10.7. The highest BCUT2D eigenvalue weighted by atomic mass is 16.1. The third kappa shape index (κ3) is 4.30. The van der Waals surface area contributed by atoms with E-state index in [-0.39, 0.29) is 5.91 Å². The summed E-state index contributed by atoms with van der Waals surface area (Å²) in [5.41, 5.74) is 4.91. The summed E-state index contributed by atoms with van der Waals surface area (Å²) < 4.78 is 0. The molecule has 150 valence electrons. The van der Waals surface area contributed by atoms with Gasteiger partial charge in [0.05, 0.1) is 0 Å². The number of carbonyl (C=O) groups is 1. The molecule has 0 aliphatic rings. The van der Waals surface area contributed by atoms with Gasteiger partial charge in [0.2, 0.25) is 0 Å². The lowest BCUT2D eigenvalue weighted by atomic mass is 10.0. The number of aromatic nitrogens is 2. The van der Waals surface area contributed by atoms with Crippen molar-refractivity contribution in [2.24, 2.45) is 0 Å². The lowest BCUT2D eigenvalue weighted by Crippen LogP contribution is -2.28. The van der Waals surface area contributed by atoms with Crippen LogP contribution in [0.5, 0.6) is 0 Å². The van der Waals surface area contributed by atoms with E-state index in [0.29, 0.717) is 24.5 Å². The Kier molecular flexibility index (Phi) is 5.70. The molecule has 0 unspecified atom stereocenters. The van der Waals surface area contributed by atoms with Crippen molar-refractivity contribution in [2.45, 2.75) is 13.8 Å². The monoisotopic (exact) mass is 396 g/mol. The second kappa shape index (κ2) is 8.74. The van der Waals surface area contributed by atoms with Crippen LogP contribution in [0.15, 0.2) is 72.8 Å². The van der Waals surface area contributed by atoms with E-state index < -0.39 is 0 Å². The molecule has 3 aromatic carbocycles. The van der Waals surface area contributed by atoms with E-state index in [2.05, 4.69) is 58.1 Å². The van der Waals surface area contributed by atoms with Gasteiger partial charge in [-0.1, -0.05) is 71.8 Å². The number of hydrogen-bond donors (Lipinski definition) is 2. The van der Waals surface area contributed by atoms with Crippen LogP contribution in [0.1, 0.15) is 21.5 Å². The Hall–Kier alpha value is -3.73. The number of aryl methyl sites for hydroxylation is 2. The quantitative estimate of drug-likeness (QED) is 0.461. The van der Waals surface area contributed by atoms with Crippen molar-refractivity contribution >= 4 is 22.5 Å². The van der Waals surface area contributed by atoms with Crippen LogP contribution < -0.4 is 10.6 Å². The molecule has 5 nitrogen and oxygen atoms in total. The molecule has 1 heterocycles. The molecule has 4 aromatic rings. The minimum atomic E-state index is -0.0811. The van der Waals surface area contributed by atoms with E-state index in [9.17, 15) is 4.79 Å². The van der Waals surface area contributed by atoms with Gasteiger partial charge in [-0.05, 0) is 26.0 Å². The largest absolute Gasteiger partial charge is 0.366 e. The second-order valence-corrected chi connectivity index (χ2v) is 7.36. The summed E-state index contributed by atoms with van der Waals surface area (Å²) in [4.78, 5) is 12.2. The first-order chi connectivity index (χ1) is 14.6. The first-order valence-electron chi connectivity index (χ1n) is 10.0. The molecule has 0 fully saturated rings. The fraction of sp³-hybridized carbons (Fsp3) is 0.160. The molecule has 0 radical (unpaired) electrons. The lowest BCUT2D eigenvalue weighted by Gasteiger charge is -2.12. The molecule has 0 saturated heterocycles. The van der Waals surface area contributed by atoms with Gasteiger partial charge in [-0.15, -0.1) is 10.2 Å². The van der Waals surface area contributed by atoms with E-state index in [1.165, 1.54) is 5.56 Å². The molecular weight excluding hydrogens is 372 g/mol. The average Bonchev–Trinajstić information content (AvgIpc) is 2.77. The highest BCUT2D eigenvalue weighted by molar-refractivity contribution is 6.00. The summed E-state index contributed by atoms with van der Waals surface area (Å²) in [5.74, 6) is 0.633. The molecule has 0 atom stereocenters. The summed E-state index contributed by atoms with van der Waals surface area (Å²) in [5, 5.41) is 17.2. The van der Waals surface area contributed by atoms with Crippen molar-refractivity contribution in [3.63, 3.8) is 0 Å². The van der Waals surface area contributed by atoms with E-state index in [1.807, 2.05) is 49.4 Å². The molecule has 30 heavy (non-hydrogen) atoms. The number of anilines is 1. The molecule has 4 rings (SSSR count). The molecule has 0 saturated carbocycles. The molecule has 0 bridgehead atoms. The first kappa shape index (κ1) is 19.6. The van der Waals surface area contributed by atoms with Gasteiger partial charge in [-0.25, -0.2) is 0 Å². The number of nitrogens with one attached hydrogen (secondary N) is 2. The van der Waals surface area contributed by atoms with Gasteiger partial charge in [-0.3, -0.25) is 4.79 Å². The van der Waals surface area contributed by atoms with Gasteiger partial charge in [0.25, 0.3) is 5.91 Å². The van der Waals surface area contributed by atoms with Crippen LogP contribution in [0.3, 0.4) is 0 Å². The van der Waals surface area contributed by atoms with E-state index in [1.54, 1.807) is 0 Å². The van der Waals surface area contributed by atoms with E-state index in [4.69, 9.17) is 0 Å². The fourth-order valence-electron chi connectivity index (χ4n) is 3.32.